The molecule has 0 aliphatic rings. The molecule has 5 heteroatoms. The maximum atomic E-state index is 5.75. The number of hydrogen-bond donors (Lipinski definition) is 0. The van der Waals surface area contributed by atoms with Crippen molar-refractivity contribution in [1.82, 2.24) is 4.57 Å². The van der Waals surface area contributed by atoms with E-state index in [-0.39, 0.29) is 0 Å². The lowest BCUT2D eigenvalue weighted by molar-refractivity contribution is 0.375. The van der Waals surface area contributed by atoms with Crippen LogP contribution in [0.2, 0.25) is 0 Å². The maximum absolute atomic E-state index is 5.75. The third-order valence-corrected chi connectivity index (χ3v) is 5.11. The van der Waals surface area contributed by atoms with Crippen molar-refractivity contribution in [3.8, 4) is 22.7 Å². The van der Waals surface area contributed by atoms with Gasteiger partial charge in [0.05, 0.1) is 11.4 Å². The summed E-state index contributed by atoms with van der Waals surface area (Å²) in [5.74, 6) is 0.823. The van der Waals surface area contributed by atoms with E-state index in [4.69, 9.17) is 4.74 Å². The van der Waals surface area contributed by atoms with Gasteiger partial charge in [-0.2, -0.15) is 5.10 Å². The van der Waals surface area contributed by atoms with Crippen LogP contribution in [0, 0.1) is 0 Å². The summed E-state index contributed by atoms with van der Waals surface area (Å²) in [6, 6.07) is 30.3. The van der Waals surface area contributed by atoms with Gasteiger partial charge < -0.3 is 4.74 Å². The molecule has 29 heavy (non-hydrogen) atoms. The van der Waals surface area contributed by atoms with E-state index < -0.39 is 0 Å². The molecule has 144 valence electrons. The molecule has 0 atom stereocenters. The summed E-state index contributed by atoms with van der Waals surface area (Å²) < 4.78 is 7.89. The van der Waals surface area contributed by atoms with Crippen molar-refractivity contribution in [1.29, 1.82) is 0 Å². The van der Waals surface area contributed by atoms with Crippen LogP contribution >= 0.6 is 11.3 Å². The Morgan fingerprint density at radius 1 is 0.862 bits per heavy atom. The van der Waals surface area contributed by atoms with Gasteiger partial charge in [-0.1, -0.05) is 66.7 Å². The van der Waals surface area contributed by atoms with Crippen LogP contribution < -0.4 is 9.54 Å². The summed E-state index contributed by atoms with van der Waals surface area (Å²) >= 11 is 1.57. The van der Waals surface area contributed by atoms with Gasteiger partial charge in [-0.25, -0.2) is 0 Å². The van der Waals surface area contributed by atoms with Crippen molar-refractivity contribution in [2.75, 3.05) is 6.61 Å². The highest BCUT2D eigenvalue weighted by Gasteiger charge is 2.09. The predicted molar refractivity (Wildman–Crippen MR) is 120 cm³/mol. The lowest BCUT2D eigenvalue weighted by Crippen LogP contribution is -2.14. The smallest absolute Gasteiger partial charge is 0.215 e. The second-order valence-electron chi connectivity index (χ2n) is 6.48. The van der Waals surface area contributed by atoms with Gasteiger partial charge in [0.2, 0.25) is 4.80 Å². The minimum absolute atomic E-state index is 0.399. The summed E-state index contributed by atoms with van der Waals surface area (Å²) in [4.78, 5) is 0.814. The number of thiazole rings is 1. The fourth-order valence-electron chi connectivity index (χ4n) is 2.88. The number of rotatable bonds is 6. The second kappa shape index (κ2) is 9.17. The number of nitrogens with zero attached hydrogens (tertiary/aromatic N) is 3. The molecule has 4 nitrogen and oxygen atoms in total. The van der Waals surface area contributed by atoms with Crippen LogP contribution in [0.25, 0.3) is 16.9 Å². The van der Waals surface area contributed by atoms with Gasteiger partial charge in [-0.05, 0) is 36.8 Å². The van der Waals surface area contributed by atoms with Crippen molar-refractivity contribution in [2.24, 2.45) is 10.2 Å². The molecule has 1 aromatic heterocycles. The number of benzene rings is 3. The van der Waals surface area contributed by atoms with Crippen molar-refractivity contribution in [3.63, 3.8) is 0 Å². The van der Waals surface area contributed by atoms with Crippen molar-refractivity contribution < 1.29 is 4.74 Å². The molecule has 0 fully saturated rings. The normalized spacial score (nSPS) is 12.2. The molecule has 4 aromatic rings. The van der Waals surface area contributed by atoms with E-state index in [9.17, 15) is 0 Å². The zero-order chi connectivity index (χ0) is 19.9. The van der Waals surface area contributed by atoms with Crippen LogP contribution in [-0.4, -0.2) is 16.9 Å². The molecule has 0 N–H and O–H groups in total. The van der Waals surface area contributed by atoms with E-state index in [1.807, 2.05) is 73.7 Å². The molecule has 4 rings (SSSR count). The van der Waals surface area contributed by atoms with Gasteiger partial charge >= 0.3 is 0 Å². The number of hydrogen-bond acceptors (Lipinski definition) is 4. The summed E-state index contributed by atoms with van der Waals surface area (Å²) in [7, 11) is 0. The Hall–Kier alpha value is -3.44. The van der Waals surface area contributed by atoms with Crippen LogP contribution in [0.4, 0.5) is 0 Å². The molecular weight excluding hydrogens is 378 g/mol. The molecule has 0 saturated heterocycles. The maximum Gasteiger partial charge on any atom is 0.215 e. The topological polar surface area (TPSA) is 38.9 Å². The molecule has 0 saturated carbocycles. The van der Waals surface area contributed by atoms with Gasteiger partial charge in [0.25, 0.3) is 0 Å². The van der Waals surface area contributed by atoms with E-state index in [0.29, 0.717) is 6.61 Å². The highest BCUT2D eigenvalue weighted by atomic mass is 32.1. The molecule has 0 radical (unpaired) electrons. The first-order valence-electron chi connectivity index (χ1n) is 9.37. The first-order chi connectivity index (χ1) is 14.3. The third-order valence-electron chi connectivity index (χ3n) is 4.29. The first-order valence-corrected chi connectivity index (χ1v) is 10.3. The molecule has 0 aliphatic heterocycles. The van der Waals surface area contributed by atoms with E-state index in [1.165, 1.54) is 0 Å². The van der Waals surface area contributed by atoms with Gasteiger partial charge in [-0.15, -0.1) is 16.4 Å². The zero-order valence-corrected chi connectivity index (χ0v) is 16.9. The fourth-order valence-corrected chi connectivity index (χ4v) is 3.74. The summed E-state index contributed by atoms with van der Waals surface area (Å²) in [6.07, 6.45) is 0. The Bertz CT molecular complexity index is 1150. The summed E-state index contributed by atoms with van der Waals surface area (Å²) in [5.41, 5.74) is 4.10. The van der Waals surface area contributed by atoms with Crippen molar-refractivity contribution in [3.05, 3.63) is 101 Å². The van der Waals surface area contributed by atoms with Crippen LogP contribution in [0.3, 0.4) is 0 Å². The van der Waals surface area contributed by atoms with Crippen LogP contribution in [0.15, 0.2) is 107 Å². The fraction of sp³-hybridized carbons (Fsp3) is 0.0833. The van der Waals surface area contributed by atoms with Crippen molar-refractivity contribution >= 4 is 17.0 Å². The summed E-state index contributed by atoms with van der Waals surface area (Å²) in [5, 5.41) is 11.1. The van der Waals surface area contributed by atoms with E-state index in [1.54, 1.807) is 11.3 Å². The Morgan fingerprint density at radius 3 is 2.17 bits per heavy atom. The molecule has 3 aromatic carbocycles. The minimum atomic E-state index is 0.399. The lowest BCUT2D eigenvalue weighted by Gasteiger charge is -2.08. The van der Waals surface area contributed by atoms with Gasteiger partial charge in [0.1, 0.15) is 12.4 Å². The monoisotopic (exact) mass is 399 g/mol. The largest absolute Gasteiger partial charge is 0.488 e. The third kappa shape index (κ3) is 4.70. The molecule has 0 unspecified atom stereocenters. The number of ether oxygens (including phenoxy) is 1. The highest BCUT2D eigenvalue weighted by molar-refractivity contribution is 7.07. The molecule has 0 bridgehead atoms. The zero-order valence-electron chi connectivity index (χ0n) is 16.1. The average molecular weight is 400 g/mol. The first kappa shape index (κ1) is 18.9. The highest BCUT2D eigenvalue weighted by Crippen LogP contribution is 2.23. The number of para-hydroxylation sites is 2. The summed E-state index contributed by atoms with van der Waals surface area (Å²) in [6.45, 7) is 2.32. The lowest BCUT2D eigenvalue weighted by atomic mass is 10.1. The molecule has 0 spiro atoms. The SMILES string of the molecule is C/C(COc1ccccc1)=N\N=c1\scc(-c2ccccc2)n1-c1ccccc1. The Kier molecular flexibility index (Phi) is 5.98. The van der Waals surface area contributed by atoms with Gasteiger partial charge in [0, 0.05) is 11.1 Å². The molecule has 0 aliphatic carbocycles. The van der Waals surface area contributed by atoms with Crippen molar-refractivity contribution in [2.45, 2.75) is 6.92 Å². The Labute approximate surface area is 174 Å². The Balaban J connectivity index is 1.67. The Morgan fingerprint density at radius 2 is 1.48 bits per heavy atom. The standard InChI is InChI=1S/C24H21N3OS/c1-19(17-28-22-15-9-4-10-16-22)25-26-24-27(21-13-7-3-8-14-21)23(18-29-24)20-11-5-2-6-12-20/h2-16,18H,17H2,1H3/b25-19+,26-24+. The van der Waals surface area contributed by atoms with Crippen LogP contribution in [0.5, 0.6) is 5.75 Å². The number of aromatic nitrogens is 1. The molecular formula is C24H21N3OS. The van der Waals surface area contributed by atoms with E-state index in [0.717, 1.165) is 33.2 Å². The van der Waals surface area contributed by atoms with E-state index >= 15 is 0 Å². The average Bonchev–Trinajstić information content (AvgIpc) is 3.22. The van der Waals surface area contributed by atoms with Crippen LogP contribution in [-0.2, 0) is 0 Å². The quantitative estimate of drug-likeness (QED) is 0.309. The van der Waals surface area contributed by atoms with E-state index in [2.05, 4.69) is 44.4 Å². The molecule has 0 amide bonds. The predicted octanol–water partition coefficient (Wildman–Crippen LogP) is 5.56. The molecule has 1 heterocycles. The van der Waals surface area contributed by atoms with Gasteiger partial charge in [0.15, 0.2) is 0 Å². The minimum Gasteiger partial charge on any atom is -0.488 e. The van der Waals surface area contributed by atoms with Gasteiger partial charge in [-0.3, -0.25) is 4.57 Å². The second-order valence-corrected chi connectivity index (χ2v) is 7.31. The van der Waals surface area contributed by atoms with Crippen LogP contribution in [0.1, 0.15) is 6.92 Å².